The van der Waals surface area contributed by atoms with Crippen molar-refractivity contribution in [2.24, 2.45) is 5.16 Å². The van der Waals surface area contributed by atoms with Gasteiger partial charge in [0.15, 0.2) is 11.6 Å². The molecule has 0 aromatic heterocycles. The zero-order valence-corrected chi connectivity index (χ0v) is 8.95. The number of amides is 1. The van der Waals surface area contributed by atoms with E-state index < -0.39 is 11.7 Å². The second kappa shape index (κ2) is 5.32. The molecule has 0 aliphatic heterocycles. The van der Waals surface area contributed by atoms with E-state index in [-0.39, 0.29) is 16.5 Å². The minimum absolute atomic E-state index is 0.0915. The third kappa shape index (κ3) is 2.60. The third-order valence-electron chi connectivity index (χ3n) is 1.69. The molecule has 5 nitrogen and oxygen atoms in total. The number of benzene rings is 1. The first-order valence-corrected chi connectivity index (χ1v) is 4.48. The second-order valence-corrected chi connectivity index (χ2v) is 3.08. The van der Waals surface area contributed by atoms with Gasteiger partial charge in [-0.2, -0.15) is 0 Å². The van der Waals surface area contributed by atoms with Crippen LogP contribution in [0, 0.1) is 5.82 Å². The Hall–Kier alpha value is -1.82. The summed E-state index contributed by atoms with van der Waals surface area (Å²) in [5.74, 6) is -1.74. The summed E-state index contributed by atoms with van der Waals surface area (Å²) in [4.78, 5) is 11.0. The van der Waals surface area contributed by atoms with Crippen LogP contribution in [0.4, 0.5) is 10.1 Å². The molecule has 0 radical (unpaired) electrons. The van der Waals surface area contributed by atoms with Crippen LogP contribution < -0.4 is 10.1 Å². The van der Waals surface area contributed by atoms with E-state index in [9.17, 15) is 9.18 Å². The molecule has 1 aromatic rings. The molecule has 0 aliphatic carbocycles. The molecule has 1 aromatic carbocycles. The van der Waals surface area contributed by atoms with E-state index in [4.69, 9.17) is 21.5 Å². The summed E-state index contributed by atoms with van der Waals surface area (Å²) in [7, 11) is 1.26. The van der Waals surface area contributed by atoms with Crippen molar-refractivity contribution in [3.8, 4) is 5.75 Å². The van der Waals surface area contributed by atoms with Crippen LogP contribution in [0.3, 0.4) is 0 Å². The number of nitrogens with zero attached hydrogens (tertiary/aromatic N) is 1. The van der Waals surface area contributed by atoms with Gasteiger partial charge in [-0.05, 0) is 12.1 Å². The van der Waals surface area contributed by atoms with Crippen LogP contribution in [-0.2, 0) is 4.79 Å². The summed E-state index contributed by atoms with van der Waals surface area (Å²) in [6, 6.07) is 2.64. The summed E-state index contributed by atoms with van der Waals surface area (Å²) in [6.45, 7) is 0. The lowest BCUT2D eigenvalue weighted by molar-refractivity contribution is -0.110. The molecule has 0 saturated heterocycles. The van der Waals surface area contributed by atoms with Crippen molar-refractivity contribution in [3.63, 3.8) is 0 Å². The monoisotopic (exact) mass is 246 g/mol. The van der Waals surface area contributed by atoms with Gasteiger partial charge in [-0.3, -0.25) is 4.79 Å². The number of methoxy groups -OCH3 is 1. The predicted octanol–water partition coefficient (Wildman–Crippen LogP) is 1.89. The summed E-state index contributed by atoms with van der Waals surface area (Å²) >= 11 is 5.66. The molecule has 0 spiro atoms. The maximum absolute atomic E-state index is 13.6. The highest BCUT2D eigenvalue weighted by atomic mass is 35.5. The van der Waals surface area contributed by atoms with Crippen LogP contribution in [0.5, 0.6) is 5.75 Å². The van der Waals surface area contributed by atoms with Gasteiger partial charge in [0.05, 0.1) is 17.8 Å². The van der Waals surface area contributed by atoms with Crippen molar-refractivity contribution in [3.05, 3.63) is 23.0 Å². The minimum atomic E-state index is -0.797. The van der Waals surface area contributed by atoms with E-state index in [2.05, 4.69) is 10.5 Å². The molecule has 86 valence electrons. The number of hydrogen-bond donors (Lipinski definition) is 2. The van der Waals surface area contributed by atoms with Gasteiger partial charge in [0.25, 0.3) is 5.91 Å². The maximum Gasteiger partial charge on any atom is 0.270 e. The smallest absolute Gasteiger partial charge is 0.270 e. The lowest BCUT2D eigenvalue weighted by Gasteiger charge is -2.08. The zero-order chi connectivity index (χ0) is 12.1. The van der Waals surface area contributed by atoms with Gasteiger partial charge >= 0.3 is 0 Å². The Balaban J connectivity index is 3.02. The van der Waals surface area contributed by atoms with Gasteiger partial charge in [0.2, 0.25) is 0 Å². The highest BCUT2D eigenvalue weighted by Gasteiger charge is 2.14. The lowest BCUT2D eigenvalue weighted by atomic mass is 10.2. The Kier molecular flexibility index (Phi) is 4.07. The minimum Gasteiger partial charge on any atom is -0.492 e. The molecule has 16 heavy (non-hydrogen) atoms. The molecule has 0 atom stereocenters. The number of ether oxygens (including phenoxy) is 1. The number of nitrogens with one attached hydrogen (secondary N) is 1. The molecule has 0 fully saturated rings. The Morgan fingerprint density at radius 2 is 2.38 bits per heavy atom. The first-order valence-electron chi connectivity index (χ1n) is 4.10. The van der Waals surface area contributed by atoms with Gasteiger partial charge in [0.1, 0.15) is 6.21 Å². The van der Waals surface area contributed by atoms with Gasteiger partial charge < -0.3 is 15.3 Å². The molecule has 7 heteroatoms. The fraction of sp³-hybridized carbons (Fsp3) is 0.111. The van der Waals surface area contributed by atoms with Crippen LogP contribution >= 0.6 is 11.6 Å². The molecule has 0 saturated carbocycles. The highest BCUT2D eigenvalue weighted by Crippen LogP contribution is 2.32. The van der Waals surface area contributed by atoms with Crippen molar-refractivity contribution in [1.82, 2.24) is 0 Å². The molecule has 1 amide bonds. The van der Waals surface area contributed by atoms with Crippen molar-refractivity contribution < 1.29 is 19.1 Å². The van der Waals surface area contributed by atoms with E-state index >= 15 is 0 Å². The van der Waals surface area contributed by atoms with Crippen molar-refractivity contribution >= 4 is 29.4 Å². The number of anilines is 1. The quantitative estimate of drug-likeness (QED) is 0.486. The van der Waals surface area contributed by atoms with Crippen LogP contribution in [0.25, 0.3) is 0 Å². The Bertz CT molecular complexity index is 437. The Morgan fingerprint density at radius 1 is 1.69 bits per heavy atom. The van der Waals surface area contributed by atoms with E-state index in [0.29, 0.717) is 6.21 Å². The third-order valence-corrected chi connectivity index (χ3v) is 1.98. The maximum atomic E-state index is 13.6. The summed E-state index contributed by atoms with van der Waals surface area (Å²) < 4.78 is 18.3. The molecule has 1 rings (SSSR count). The van der Waals surface area contributed by atoms with Crippen LogP contribution in [-0.4, -0.2) is 24.4 Å². The van der Waals surface area contributed by atoms with Crippen LogP contribution in [0.2, 0.25) is 5.02 Å². The summed E-state index contributed by atoms with van der Waals surface area (Å²) in [5.41, 5.74) is -0.119. The predicted molar refractivity (Wildman–Crippen MR) is 56.9 cm³/mol. The van der Waals surface area contributed by atoms with Gasteiger partial charge in [0, 0.05) is 0 Å². The first-order chi connectivity index (χ1) is 7.60. The number of oxime groups is 1. The van der Waals surface area contributed by atoms with E-state index in [0.717, 1.165) is 0 Å². The number of rotatable bonds is 3. The Labute approximate surface area is 95.5 Å². The lowest BCUT2D eigenvalue weighted by Crippen LogP contribution is -2.14. The summed E-state index contributed by atoms with van der Waals surface area (Å²) in [6.07, 6.45) is 0.598. The number of carbonyl (C=O) groups excluding carboxylic acids is 1. The van der Waals surface area contributed by atoms with E-state index in [1.54, 1.807) is 0 Å². The van der Waals surface area contributed by atoms with Crippen LogP contribution in [0.15, 0.2) is 17.3 Å². The average Bonchev–Trinajstić information content (AvgIpc) is 2.23. The normalized spacial score (nSPS) is 10.4. The average molecular weight is 247 g/mol. The molecule has 0 bridgehead atoms. The second-order valence-electron chi connectivity index (χ2n) is 2.68. The van der Waals surface area contributed by atoms with Gasteiger partial charge in [-0.25, -0.2) is 4.39 Å². The topological polar surface area (TPSA) is 70.9 Å². The fourth-order valence-electron chi connectivity index (χ4n) is 1.03. The first kappa shape index (κ1) is 12.3. The zero-order valence-electron chi connectivity index (χ0n) is 8.20. The molecular weight excluding hydrogens is 239 g/mol. The van der Waals surface area contributed by atoms with Crippen molar-refractivity contribution in [1.29, 1.82) is 0 Å². The van der Waals surface area contributed by atoms with Gasteiger partial charge in [-0.15, -0.1) is 0 Å². The van der Waals surface area contributed by atoms with E-state index in [1.165, 1.54) is 19.2 Å². The Morgan fingerprint density at radius 3 is 2.94 bits per heavy atom. The molecule has 0 aliphatic rings. The standard InChI is InChI=1S/C9H8ClFN2O3/c1-16-9-5(10)2-3-6(8(9)11)13-7(14)4-12-15/h2-4,15H,1H3,(H,13,14)/b12-4+. The molecular formula is C9H8ClFN2O3. The fourth-order valence-corrected chi connectivity index (χ4v) is 1.26. The number of carbonyl (C=O) groups is 1. The van der Waals surface area contributed by atoms with Crippen LogP contribution in [0.1, 0.15) is 0 Å². The molecule has 2 N–H and O–H groups in total. The SMILES string of the molecule is COc1c(Cl)ccc(NC(=O)/C=N/O)c1F. The largest absolute Gasteiger partial charge is 0.492 e. The number of halogens is 2. The van der Waals surface area contributed by atoms with Crippen molar-refractivity contribution in [2.75, 3.05) is 12.4 Å². The number of hydrogen-bond acceptors (Lipinski definition) is 4. The van der Waals surface area contributed by atoms with Crippen molar-refractivity contribution in [2.45, 2.75) is 0 Å². The molecule has 0 heterocycles. The van der Waals surface area contributed by atoms with Gasteiger partial charge in [-0.1, -0.05) is 16.8 Å². The summed E-state index contributed by atoms with van der Waals surface area (Å²) in [5, 5.41) is 12.8. The van der Waals surface area contributed by atoms with E-state index in [1.807, 2.05) is 0 Å². The molecule has 0 unspecified atom stereocenters. The highest BCUT2D eigenvalue weighted by molar-refractivity contribution is 6.33.